The van der Waals surface area contributed by atoms with Gasteiger partial charge in [-0.3, -0.25) is 0 Å². The zero-order valence-corrected chi connectivity index (χ0v) is 8.84. The number of nitrogens with one attached hydrogen (secondary N) is 1. The van der Waals surface area contributed by atoms with E-state index in [1.807, 2.05) is 7.05 Å². The third-order valence-corrected chi connectivity index (χ3v) is 2.79. The maximum absolute atomic E-state index is 5.47. The number of fused-ring (bicyclic) bond motifs is 1. The molecule has 1 unspecified atom stereocenters. The molecule has 0 bridgehead atoms. The summed E-state index contributed by atoms with van der Waals surface area (Å²) in [5, 5.41) is 3.25. The van der Waals surface area contributed by atoms with Crippen LogP contribution in [0.3, 0.4) is 0 Å². The molecule has 1 N–H and O–H groups in total. The highest BCUT2D eigenvalue weighted by Gasteiger charge is 2.12. The standard InChI is InChI=1S/C12H17NO/c1-9(13-2)7-10-3-4-12-11(8-10)5-6-14-12/h3-4,8-9,13H,5-7H2,1-2H3. The summed E-state index contributed by atoms with van der Waals surface area (Å²) in [7, 11) is 2.00. The number of hydrogen-bond donors (Lipinski definition) is 1. The smallest absolute Gasteiger partial charge is 0.122 e. The van der Waals surface area contributed by atoms with Gasteiger partial charge in [0.15, 0.2) is 0 Å². The summed E-state index contributed by atoms with van der Waals surface area (Å²) >= 11 is 0. The third-order valence-electron chi connectivity index (χ3n) is 2.79. The topological polar surface area (TPSA) is 21.3 Å². The predicted octanol–water partition coefficient (Wildman–Crippen LogP) is 1.77. The summed E-state index contributed by atoms with van der Waals surface area (Å²) < 4.78 is 5.47. The van der Waals surface area contributed by atoms with Crippen LogP contribution in [0.4, 0.5) is 0 Å². The van der Waals surface area contributed by atoms with Crippen molar-refractivity contribution in [2.45, 2.75) is 25.8 Å². The minimum absolute atomic E-state index is 0.537. The Morgan fingerprint density at radius 1 is 1.50 bits per heavy atom. The van der Waals surface area contributed by atoms with Crippen LogP contribution in [-0.4, -0.2) is 19.7 Å². The molecule has 14 heavy (non-hydrogen) atoms. The van der Waals surface area contributed by atoms with Gasteiger partial charge in [0.05, 0.1) is 6.61 Å². The normalized spacial score (nSPS) is 16.1. The predicted molar refractivity (Wildman–Crippen MR) is 57.9 cm³/mol. The van der Waals surface area contributed by atoms with E-state index >= 15 is 0 Å². The van der Waals surface area contributed by atoms with Crippen molar-refractivity contribution < 1.29 is 4.74 Å². The molecule has 2 heteroatoms. The lowest BCUT2D eigenvalue weighted by Gasteiger charge is -2.10. The molecular weight excluding hydrogens is 174 g/mol. The van der Waals surface area contributed by atoms with Gasteiger partial charge in [0.25, 0.3) is 0 Å². The summed E-state index contributed by atoms with van der Waals surface area (Å²) in [4.78, 5) is 0. The SMILES string of the molecule is CNC(C)Cc1ccc2c(c1)CCO2. The van der Waals surface area contributed by atoms with Gasteiger partial charge < -0.3 is 10.1 Å². The average Bonchev–Trinajstić information content (AvgIpc) is 2.64. The first kappa shape index (κ1) is 9.53. The molecule has 0 saturated carbocycles. The summed E-state index contributed by atoms with van der Waals surface area (Å²) in [5.74, 6) is 1.07. The molecule has 76 valence electrons. The van der Waals surface area contributed by atoms with Crippen molar-refractivity contribution in [2.75, 3.05) is 13.7 Å². The lowest BCUT2D eigenvalue weighted by molar-refractivity contribution is 0.357. The van der Waals surface area contributed by atoms with E-state index in [2.05, 4.69) is 30.4 Å². The molecule has 0 radical (unpaired) electrons. The lowest BCUT2D eigenvalue weighted by Crippen LogP contribution is -2.23. The molecule has 0 fully saturated rings. The summed E-state index contributed by atoms with van der Waals surface area (Å²) in [6.45, 7) is 3.05. The van der Waals surface area contributed by atoms with E-state index in [0.29, 0.717) is 6.04 Å². The highest BCUT2D eigenvalue weighted by Crippen LogP contribution is 2.26. The zero-order valence-electron chi connectivity index (χ0n) is 8.84. The molecule has 0 aromatic heterocycles. The molecule has 1 atom stereocenters. The van der Waals surface area contributed by atoms with Crippen molar-refractivity contribution in [3.8, 4) is 5.75 Å². The fourth-order valence-electron chi connectivity index (χ4n) is 1.82. The highest BCUT2D eigenvalue weighted by molar-refractivity contribution is 5.39. The van der Waals surface area contributed by atoms with E-state index < -0.39 is 0 Å². The van der Waals surface area contributed by atoms with E-state index in [9.17, 15) is 0 Å². The summed E-state index contributed by atoms with van der Waals surface area (Å²) in [6.07, 6.45) is 2.15. The molecule has 1 aliphatic rings. The molecule has 1 aromatic rings. The van der Waals surface area contributed by atoms with Gasteiger partial charge in [0.1, 0.15) is 5.75 Å². The van der Waals surface area contributed by atoms with Crippen molar-refractivity contribution in [2.24, 2.45) is 0 Å². The number of rotatable bonds is 3. The lowest BCUT2D eigenvalue weighted by atomic mass is 10.0. The first-order valence-electron chi connectivity index (χ1n) is 5.21. The van der Waals surface area contributed by atoms with E-state index in [1.165, 1.54) is 11.1 Å². The Bertz CT molecular complexity index is 322. The second kappa shape index (κ2) is 4.01. The largest absolute Gasteiger partial charge is 0.493 e. The molecule has 0 aliphatic carbocycles. The Morgan fingerprint density at radius 2 is 2.36 bits per heavy atom. The van der Waals surface area contributed by atoms with Crippen LogP contribution in [0.15, 0.2) is 18.2 Å². The van der Waals surface area contributed by atoms with Gasteiger partial charge >= 0.3 is 0 Å². The van der Waals surface area contributed by atoms with Crippen molar-refractivity contribution >= 4 is 0 Å². The number of likely N-dealkylation sites (N-methyl/N-ethyl adjacent to an activating group) is 1. The quantitative estimate of drug-likeness (QED) is 0.786. The minimum atomic E-state index is 0.537. The van der Waals surface area contributed by atoms with E-state index in [0.717, 1.165) is 25.2 Å². The monoisotopic (exact) mass is 191 g/mol. The number of ether oxygens (including phenoxy) is 1. The Hall–Kier alpha value is -1.02. The molecular formula is C12H17NO. The average molecular weight is 191 g/mol. The van der Waals surface area contributed by atoms with Crippen LogP contribution < -0.4 is 10.1 Å². The van der Waals surface area contributed by atoms with Crippen molar-refractivity contribution in [1.29, 1.82) is 0 Å². The molecule has 0 spiro atoms. The maximum atomic E-state index is 5.47. The van der Waals surface area contributed by atoms with Crippen LogP contribution in [-0.2, 0) is 12.8 Å². The van der Waals surface area contributed by atoms with Crippen molar-refractivity contribution in [3.05, 3.63) is 29.3 Å². The fraction of sp³-hybridized carbons (Fsp3) is 0.500. The van der Waals surface area contributed by atoms with E-state index in [4.69, 9.17) is 4.74 Å². The maximum Gasteiger partial charge on any atom is 0.122 e. The Balaban J connectivity index is 2.12. The first-order valence-corrected chi connectivity index (χ1v) is 5.21. The van der Waals surface area contributed by atoms with Gasteiger partial charge in [-0.25, -0.2) is 0 Å². The van der Waals surface area contributed by atoms with E-state index in [1.54, 1.807) is 0 Å². The molecule has 1 aliphatic heterocycles. The molecule has 2 nitrogen and oxygen atoms in total. The van der Waals surface area contributed by atoms with Gasteiger partial charge in [-0.1, -0.05) is 12.1 Å². The van der Waals surface area contributed by atoms with Gasteiger partial charge in [0, 0.05) is 12.5 Å². The minimum Gasteiger partial charge on any atom is -0.493 e. The van der Waals surface area contributed by atoms with Crippen LogP contribution in [0, 0.1) is 0 Å². The Labute approximate surface area is 85.3 Å². The molecule has 1 aromatic carbocycles. The van der Waals surface area contributed by atoms with Crippen LogP contribution >= 0.6 is 0 Å². The second-order valence-corrected chi connectivity index (χ2v) is 3.93. The zero-order chi connectivity index (χ0) is 9.97. The summed E-state index contributed by atoms with van der Waals surface area (Å²) in [6, 6.07) is 7.07. The van der Waals surface area contributed by atoms with Crippen LogP contribution in [0.1, 0.15) is 18.1 Å². The van der Waals surface area contributed by atoms with Crippen LogP contribution in [0.25, 0.3) is 0 Å². The highest BCUT2D eigenvalue weighted by atomic mass is 16.5. The van der Waals surface area contributed by atoms with Crippen molar-refractivity contribution in [1.82, 2.24) is 5.32 Å². The number of benzene rings is 1. The Morgan fingerprint density at radius 3 is 3.14 bits per heavy atom. The van der Waals surface area contributed by atoms with Crippen LogP contribution in [0.2, 0.25) is 0 Å². The molecule has 0 saturated heterocycles. The van der Waals surface area contributed by atoms with Gasteiger partial charge in [-0.2, -0.15) is 0 Å². The van der Waals surface area contributed by atoms with E-state index in [-0.39, 0.29) is 0 Å². The number of hydrogen-bond acceptors (Lipinski definition) is 2. The Kier molecular flexibility index (Phi) is 2.73. The second-order valence-electron chi connectivity index (χ2n) is 3.93. The van der Waals surface area contributed by atoms with Crippen LogP contribution in [0.5, 0.6) is 5.75 Å². The molecule has 0 amide bonds. The first-order chi connectivity index (χ1) is 6.79. The fourth-order valence-corrected chi connectivity index (χ4v) is 1.82. The van der Waals surface area contributed by atoms with Gasteiger partial charge in [-0.15, -0.1) is 0 Å². The third kappa shape index (κ3) is 1.90. The molecule has 2 rings (SSSR count). The molecule has 1 heterocycles. The van der Waals surface area contributed by atoms with Crippen molar-refractivity contribution in [3.63, 3.8) is 0 Å². The van der Waals surface area contributed by atoms with Gasteiger partial charge in [-0.05, 0) is 37.6 Å². The summed E-state index contributed by atoms with van der Waals surface area (Å²) in [5.41, 5.74) is 2.77. The van der Waals surface area contributed by atoms with Gasteiger partial charge in [0.2, 0.25) is 0 Å².